The number of hydrogen-bond donors (Lipinski definition) is 1. The molecule has 1 saturated heterocycles. The molecule has 4 atom stereocenters. The molecule has 0 amide bonds. The van der Waals surface area contributed by atoms with E-state index < -0.39 is 0 Å². The van der Waals surface area contributed by atoms with Gasteiger partial charge in [-0.25, -0.2) is 0 Å². The van der Waals surface area contributed by atoms with Gasteiger partial charge in [0.1, 0.15) is 0 Å². The molecule has 0 aromatic heterocycles. The molecule has 2 aliphatic rings. The lowest BCUT2D eigenvalue weighted by Gasteiger charge is -2.26. The Balaban J connectivity index is 2.09. The second-order valence-corrected chi connectivity index (χ2v) is 3.97. The first-order valence-corrected chi connectivity index (χ1v) is 4.52. The number of aliphatic hydroxyl groups excluding tert-OH is 1. The third-order valence-corrected chi connectivity index (χ3v) is 3.30. The molecule has 3 nitrogen and oxygen atoms in total. The molecule has 1 heterocycles. The maximum atomic E-state index is 10.9. The van der Waals surface area contributed by atoms with E-state index in [1.165, 1.54) is 0 Å². The Morgan fingerprint density at radius 1 is 1.58 bits per heavy atom. The first-order chi connectivity index (χ1) is 5.68. The van der Waals surface area contributed by atoms with E-state index >= 15 is 0 Å². The molecule has 2 fully saturated rings. The molecule has 1 aliphatic carbocycles. The van der Waals surface area contributed by atoms with Gasteiger partial charge in [0.25, 0.3) is 0 Å². The van der Waals surface area contributed by atoms with E-state index in [-0.39, 0.29) is 12.1 Å². The fourth-order valence-corrected chi connectivity index (χ4v) is 2.40. The van der Waals surface area contributed by atoms with Crippen molar-refractivity contribution in [2.75, 3.05) is 6.61 Å². The third kappa shape index (κ3) is 1.12. The second kappa shape index (κ2) is 2.73. The van der Waals surface area contributed by atoms with E-state index in [4.69, 9.17) is 4.74 Å². The Morgan fingerprint density at radius 2 is 2.33 bits per heavy atom. The van der Waals surface area contributed by atoms with E-state index in [0.29, 0.717) is 30.8 Å². The predicted molar refractivity (Wildman–Crippen MR) is 42.3 cm³/mol. The summed E-state index contributed by atoms with van der Waals surface area (Å²) in [4.78, 5) is 10.9. The highest BCUT2D eigenvalue weighted by molar-refractivity contribution is 5.70. The Hall–Kier alpha value is -0.570. The smallest absolute Gasteiger partial charge is 0.306 e. The molecule has 0 aromatic rings. The maximum Gasteiger partial charge on any atom is 0.306 e. The summed E-state index contributed by atoms with van der Waals surface area (Å²) < 4.78 is 4.96. The van der Waals surface area contributed by atoms with Crippen LogP contribution in [0.1, 0.15) is 19.8 Å². The normalized spacial score (nSPS) is 47.0. The average Bonchev–Trinajstić information content (AvgIpc) is 2.28. The monoisotopic (exact) mass is 170 g/mol. The van der Waals surface area contributed by atoms with Gasteiger partial charge in [0.2, 0.25) is 0 Å². The SMILES string of the molecule is C[C@@H]1[C@H]2COC(=O)C[C@@H]2C[C@@H]1O. The van der Waals surface area contributed by atoms with E-state index in [0.717, 1.165) is 6.42 Å². The van der Waals surface area contributed by atoms with Crippen molar-refractivity contribution < 1.29 is 14.6 Å². The van der Waals surface area contributed by atoms with Crippen LogP contribution in [0.25, 0.3) is 0 Å². The van der Waals surface area contributed by atoms with Crippen LogP contribution in [0.5, 0.6) is 0 Å². The number of rotatable bonds is 0. The Kier molecular flexibility index (Phi) is 1.83. The van der Waals surface area contributed by atoms with Crippen molar-refractivity contribution in [2.45, 2.75) is 25.9 Å². The van der Waals surface area contributed by atoms with Crippen molar-refractivity contribution in [3.8, 4) is 0 Å². The average molecular weight is 170 g/mol. The molecule has 1 N–H and O–H groups in total. The minimum atomic E-state index is -0.227. The van der Waals surface area contributed by atoms with Gasteiger partial charge >= 0.3 is 5.97 Å². The zero-order valence-electron chi connectivity index (χ0n) is 7.19. The first-order valence-electron chi connectivity index (χ1n) is 4.52. The van der Waals surface area contributed by atoms with Crippen molar-refractivity contribution in [1.29, 1.82) is 0 Å². The molecule has 0 unspecified atom stereocenters. The largest absolute Gasteiger partial charge is 0.465 e. The molecule has 3 heteroatoms. The molecule has 0 bridgehead atoms. The van der Waals surface area contributed by atoms with E-state index in [2.05, 4.69) is 0 Å². The number of fused-ring (bicyclic) bond motifs is 1. The summed E-state index contributed by atoms with van der Waals surface area (Å²) in [5.74, 6) is 0.967. The molecule has 0 aromatic carbocycles. The Morgan fingerprint density at radius 3 is 3.08 bits per heavy atom. The van der Waals surface area contributed by atoms with E-state index in [9.17, 15) is 9.90 Å². The number of ether oxygens (including phenoxy) is 1. The van der Waals surface area contributed by atoms with Crippen LogP contribution in [0, 0.1) is 17.8 Å². The molecular weight excluding hydrogens is 156 g/mol. The summed E-state index contributed by atoms with van der Waals surface area (Å²) in [6.07, 6.45) is 1.06. The van der Waals surface area contributed by atoms with Crippen LogP contribution in [-0.4, -0.2) is 23.8 Å². The standard InChI is InChI=1S/C9H14O3/c1-5-7-4-12-9(11)3-6(7)2-8(5)10/h5-8,10H,2-4H2,1H3/t5-,6+,7-,8+/m1/s1. The van der Waals surface area contributed by atoms with Gasteiger partial charge in [-0.05, 0) is 18.3 Å². The number of hydrogen-bond acceptors (Lipinski definition) is 3. The quantitative estimate of drug-likeness (QED) is 0.540. The topological polar surface area (TPSA) is 46.5 Å². The second-order valence-electron chi connectivity index (χ2n) is 3.97. The van der Waals surface area contributed by atoms with Crippen LogP contribution in [0.4, 0.5) is 0 Å². The summed E-state index contributed by atoms with van der Waals surface area (Å²) in [7, 11) is 0. The number of aliphatic hydroxyl groups is 1. The van der Waals surface area contributed by atoms with Gasteiger partial charge in [0.15, 0.2) is 0 Å². The molecule has 12 heavy (non-hydrogen) atoms. The predicted octanol–water partition coefficient (Wildman–Crippen LogP) is 0.566. The van der Waals surface area contributed by atoms with Crippen LogP contribution in [0.15, 0.2) is 0 Å². The lowest BCUT2D eigenvalue weighted by Crippen LogP contribution is -2.30. The molecule has 1 saturated carbocycles. The van der Waals surface area contributed by atoms with Crippen LogP contribution in [0.2, 0.25) is 0 Å². The third-order valence-electron chi connectivity index (χ3n) is 3.30. The van der Waals surface area contributed by atoms with Gasteiger partial charge in [-0.1, -0.05) is 6.92 Å². The highest BCUT2D eigenvalue weighted by Gasteiger charge is 2.43. The fourth-order valence-electron chi connectivity index (χ4n) is 2.40. The fraction of sp³-hybridized carbons (Fsp3) is 0.889. The summed E-state index contributed by atoms with van der Waals surface area (Å²) >= 11 is 0. The lowest BCUT2D eigenvalue weighted by molar-refractivity contribution is -0.152. The van der Waals surface area contributed by atoms with Crippen molar-refractivity contribution in [3.63, 3.8) is 0 Å². The highest BCUT2D eigenvalue weighted by atomic mass is 16.5. The Bertz CT molecular complexity index is 202. The minimum absolute atomic E-state index is 0.0995. The van der Waals surface area contributed by atoms with Crippen molar-refractivity contribution in [2.24, 2.45) is 17.8 Å². The maximum absolute atomic E-state index is 10.9. The number of cyclic esters (lactones) is 1. The molecule has 1 aliphatic heterocycles. The number of esters is 1. The summed E-state index contributed by atoms with van der Waals surface area (Å²) in [6, 6.07) is 0. The first kappa shape index (κ1) is 8.05. The van der Waals surface area contributed by atoms with Crippen molar-refractivity contribution >= 4 is 5.97 Å². The van der Waals surface area contributed by atoms with Crippen LogP contribution >= 0.6 is 0 Å². The van der Waals surface area contributed by atoms with Gasteiger partial charge in [0.05, 0.1) is 12.7 Å². The highest BCUT2D eigenvalue weighted by Crippen LogP contribution is 2.41. The van der Waals surface area contributed by atoms with Gasteiger partial charge in [-0.3, -0.25) is 4.79 Å². The Labute approximate surface area is 71.7 Å². The lowest BCUT2D eigenvalue weighted by atomic mass is 9.87. The molecule has 0 radical (unpaired) electrons. The summed E-state index contributed by atoms with van der Waals surface area (Å²) in [5, 5.41) is 9.55. The van der Waals surface area contributed by atoms with Crippen LogP contribution in [-0.2, 0) is 9.53 Å². The molecule has 0 spiro atoms. The molecule has 2 rings (SSSR count). The van der Waals surface area contributed by atoms with Gasteiger partial charge < -0.3 is 9.84 Å². The molecule has 68 valence electrons. The zero-order valence-corrected chi connectivity index (χ0v) is 7.19. The summed E-state index contributed by atoms with van der Waals surface area (Å²) in [6.45, 7) is 2.55. The van der Waals surface area contributed by atoms with Gasteiger partial charge in [-0.2, -0.15) is 0 Å². The number of carbonyl (C=O) groups is 1. The van der Waals surface area contributed by atoms with E-state index in [1.54, 1.807) is 0 Å². The van der Waals surface area contributed by atoms with Gasteiger partial charge in [-0.15, -0.1) is 0 Å². The summed E-state index contributed by atoms with van der Waals surface area (Å²) in [5.41, 5.74) is 0. The molecular formula is C9H14O3. The van der Waals surface area contributed by atoms with Crippen molar-refractivity contribution in [1.82, 2.24) is 0 Å². The van der Waals surface area contributed by atoms with Crippen LogP contribution in [0.3, 0.4) is 0 Å². The van der Waals surface area contributed by atoms with Gasteiger partial charge in [0, 0.05) is 12.3 Å². The minimum Gasteiger partial charge on any atom is -0.465 e. The van der Waals surface area contributed by atoms with Crippen LogP contribution < -0.4 is 0 Å². The number of carbonyl (C=O) groups excluding carboxylic acids is 1. The van der Waals surface area contributed by atoms with Crippen molar-refractivity contribution in [3.05, 3.63) is 0 Å². The zero-order chi connectivity index (χ0) is 8.72. The van der Waals surface area contributed by atoms with E-state index in [1.807, 2.05) is 6.92 Å².